The van der Waals surface area contributed by atoms with Crippen molar-refractivity contribution in [1.82, 2.24) is 14.9 Å². The smallest absolute Gasteiger partial charge is 0.328 e. The van der Waals surface area contributed by atoms with Gasteiger partial charge in [-0.05, 0) is 43.6 Å². The van der Waals surface area contributed by atoms with E-state index in [9.17, 15) is 18.8 Å². The summed E-state index contributed by atoms with van der Waals surface area (Å²) in [4.78, 5) is 40.9. The largest absolute Gasteiger partial charge is 0.467 e. The molecule has 0 fully saturated rings. The fourth-order valence-corrected chi connectivity index (χ4v) is 2.97. The minimum Gasteiger partial charge on any atom is -0.467 e. The van der Waals surface area contributed by atoms with Gasteiger partial charge in [0.25, 0.3) is 5.56 Å². The summed E-state index contributed by atoms with van der Waals surface area (Å²) in [6.07, 6.45) is 2.30. The number of benzene rings is 1. The first-order valence-corrected chi connectivity index (χ1v) is 9.29. The van der Waals surface area contributed by atoms with Gasteiger partial charge in [0.15, 0.2) is 0 Å². The van der Waals surface area contributed by atoms with Crippen LogP contribution < -0.4 is 10.9 Å². The summed E-state index contributed by atoms with van der Waals surface area (Å²) < 4.78 is 19.3. The van der Waals surface area contributed by atoms with Gasteiger partial charge in [-0.15, -0.1) is 0 Å². The number of rotatable bonds is 7. The minimum absolute atomic E-state index is 0.0929. The summed E-state index contributed by atoms with van der Waals surface area (Å²) in [6, 6.07) is 2.94. The Kier molecular flexibility index (Phi) is 6.73. The van der Waals surface area contributed by atoms with Crippen molar-refractivity contribution in [2.45, 2.75) is 25.9 Å². The lowest BCUT2D eigenvalue weighted by molar-refractivity contribution is -0.145. The van der Waals surface area contributed by atoms with Gasteiger partial charge in [0, 0.05) is 0 Å². The Balaban J connectivity index is 2.25. The van der Waals surface area contributed by atoms with E-state index in [0.29, 0.717) is 23.5 Å². The lowest BCUT2D eigenvalue weighted by atomic mass is 10.2. The summed E-state index contributed by atoms with van der Waals surface area (Å²) in [5.41, 5.74) is -0.154. The van der Waals surface area contributed by atoms with Crippen molar-refractivity contribution in [3.63, 3.8) is 0 Å². The fraction of sp³-hybridized carbons (Fsp3) is 0.412. The molecule has 9 heteroatoms. The van der Waals surface area contributed by atoms with E-state index in [0.717, 1.165) is 10.6 Å². The Labute approximate surface area is 153 Å². The normalized spacial score (nSPS) is 12.0. The number of aromatic nitrogens is 2. The number of nitrogens with zero attached hydrogens (tertiary/aromatic N) is 2. The highest BCUT2D eigenvalue weighted by atomic mass is 32.2. The van der Waals surface area contributed by atoms with Crippen LogP contribution >= 0.6 is 11.8 Å². The predicted octanol–water partition coefficient (Wildman–Crippen LogP) is 1.25. The molecule has 0 saturated heterocycles. The number of halogens is 1. The maximum absolute atomic E-state index is 13.4. The van der Waals surface area contributed by atoms with Crippen molar-refractivity contribution in [1.29, 1.82) is 0 Å². The van der Waals surface area contributed by atoms with Gasteiger partial charge < -0.3 is 10.1 Å². The molecule has 0 aliphatic carbocycles. The number of nitrogens with one attached hydrogen (secondary N) is 1. The van der Waals surface area contributed by atoms with Crippen molar-refractivity contribution in [3.8, 4) is 0 Å². The second-order valence-electron chi connectivity index (χ2n) is 5.64. The average Bonchev–Trinajstić information content (AvgIpc) is 2.62. The van der Waals surface area contributed by atoms with Gasteiger partial charge in [0.2, 0.25) is 5.91 Å². The highest BCUT2D eigenvalue weighted by molar-refractivity contribution is 7.98. The molecule has 1 heterocycles. The second kappa shape index (κ2) is 8.79. The first-order chi connectivity index (χ1) is 12.4. The standard InChI is InChI=1S/C17H20FN3O4S/c1-10-19-13-5-4-11(18)8-12(13)16(23)21(10)9-15(22)20-14(6-7-26-3)17(24)25-2/h4-5,8,14H,6-7,9H2,1-3H3,(H,20,22)/t14-/m0/s1. The van der Waals surface area contributed by atoms with Gasteiger partial charge >= 0.3 is 5.97 Å². The third kappa shape index (κ3) is 4.60. The highest BCUT2D eigenvalue weighted by Crippen LogP contribution is 2.10. The molecule has 0 aliphatic rings. The van der Waals surface area contributed by atoms with Gasteiger partial charge in [-0.25, -0.2) is 14.2 Å². The molecule has 0 saturated carbocycles. The SMILES string of the molecule is COC(=O)[C@H](CCSC)NC(=O)Cn1c(C)nc2ccc(F)cc2c1=O. The van der Waals surface area contributed by atoms with E-state index in [1.165, 1.54) is 31.0 Å². The van der Waals surface area contributed by atoms with Crippen LogP contribution in [0.3, 0.4) is 0 Å². The Morgan fingerprint density at radius 1 is 1.42 bits per heavy atom. The molecule has 1 aromatic carbocycles. The zero-order valence-corrected chi connectivity index (χ0v) is 15.6. The van der Waals surface area contributed by atoms with Crippen molar-refractivity contribution in [2.24, 2.45) is 0 Å². The number of aryl methyl sites for hydroxylation is 1. The number of hydrogen-bond donors (Lipinski definition) is 1. The summed E-state index contributed by atoms with van der Waals surface area (Å²) >= 11 is 1.54. The van der Waals surface area contributed by atoms with Gasteiger partial charge in [0.1, 0.15) is 24.2 Å². The van der Waals surface area contributed by atoms with Crippen LogP contribution in [0.25, 0.3) is 10.9 Å². The van der Waals surface area contributed by atoms with E-state index >= 15 is 0 Å². The number of ether oxygens (including phenoxy) is 1. The molecule has 0 aliphatic heterocycles. The molecule has 1 amide bonds. The molecular weight excluding hydrogens is 361 g/mol. The van der Waals surface area contributed by atoms with E-state index < -0.39 is 29.3 Å². The summed E-state index contributed by atoms with van der Waals surface area (Å²) in [7, 11) is 1.25. The fourth-order valence-electron chi connectivity index (χ4n) is 2.50. The zero-order chi connectivity index (χ0) is 19.3. The van der Waals surface area contributed by atoms with Crippen LogP contribution in [0.15, 0.2) is 23.0 Å². The molecule has 2 rings (SSSR count). The molecule has 0 bridgehead atoms. The number of amides is 1. The van der Waals surface area contributed by atoms with E-state index in [1.807, 2.05) is 6.26 Å². The number of carbonyl (C=O) groups is 2. The number of thioether (sulfide) groups is 1. The molecule has 26 heavy (non-hydrogen) atoms. The summed E-state index contributed by atoms with van der Waals surface area (Å²) in [5.74, 6) is -0.642. The number of carbonyl (C=O) groups excluding carboxylic acids is 2. The van der Waals surface area contributed by atoms with Gasteiger partial charge in [-0.1, -0.05) is 0 Å². The maximum atomic E-state index is 13.4. The van der Waals surface area contributed by atoms with E-state index in [1.54, 1.807) is 6.92 Å². The zero-order valence-electron chi connectivity index (χ0n) is 14.7. The van der Waals surface area contributed by atoms with Crippen LogP contribution in [-0.2, 0) is 20.9 Å². The van der Waals surface area contributed by atoms with Crippen LogP contribution in [0, 0.1) is 12.7 Å². The first kappa shape index (κ1) is 19.9. The molecule has 0 radical (unpaired) electrons. The molecule has 140 valence electrons. The number of fused-ring (bicyclic) bond motifs is 1. The predicted molar refractivity (Wildman–Crippen MR) is 97.6 cm³/mol. The van der Waals surface area contributed by atoms with Crippen LogP contribution in [-0.4, -0.2) is 46.6 Å². The maximum Gasteiger partial charge on any atom is 0.328 e. The Hall–Kier alpha value is -2.42. The molecular formula is C17H20FN3O4S. The van der Waals surface area contributed by atoms with Crippen molar-refractivity contribution in [2.75, 3.05) is 19.1 Å². The van der Waals surface area contributed by atoms with E-state index in [2.05, 4.69) is 10.3 Å². The van der Waals surface area contributed by atoms with Crippen LogP contribution in [0.2, 0.25) is 0 Å². The lowest BCUT2D eigenvalue weighted by Crippen LogP contribution is -2.44. The minimum atomic E-state index is -0.790. The highest BCUT2D eigenvalue weighted by Gasteiger charge is 2.22. The Morgan fingerprint density at radius 2 is 2.15 bits per heavy atom. The number of hydrogen-bond acceptors (Lipinski definition) is 6. The van der Waals surface area contributed by atoms with Crippen molar-refractivity contribution < 1.29 is 18.7 Å². The van der Waals surface area contributed by atoms with Gasteiger partial charge in [-0.2, -0.15) is 11.8 Å². The Bertz CT molecular complexity index is 884. The van der Waals surface area contributed by atoms with Crippen LogP contribution in [0.1, 0.15) is 12.2 Å². The van der Waals surface area contributed by atoms with E-state index in [4.69, 9.17) is 4.74 Å². The number of esters is 1. The molecule has 1 atom stereocenters. The second-order valence-corrected chi connectivity index (χ2v) is 6.62. The third-order valence-electron chi connectivity index (χ3n) is 3.84. The average molecular weight is 381 g/mol. The molecule has 1 aromatic heterocycles. The molecule has 0 spiro atoms. The van der Waals surface area contributed by atoms with Crippen molar-refractivity contribution in [3.05, 3.63) is 40.2 Å². The molecule has 2 aromatic rings. The lowest BCUT2D eigenvalue weighted by Gasteiger charge is -2.17. The molecule has 0 unspecified atom stereocenters. The number of methoxy groups -OCH3 is 1. The summed E-state index contributed by atoms with van der Waals surface area (Å²) in [5, 5.41) is 2.67. The van der Waals surface area contributed by atoms with E-state index in [-0.39, 0.29) is 11.9 Å². The topological polar surface area (TPSA) is 90.3 Å². The van der Waals surface area contributed by atoms with Gasteiger partial charge in [-0.3, -0.25) is 14.2 Å². The molecule has 1 N–H and O–H groups in total. The summed E-state index contributed by atoms with van der Waals surface area (Å²) in [6.45, 7) is 1.26. The Morgan fingerprint density at radius 3 is 2.81 bits per heavy atom. The third-order valence-corrected chi connectivity index (χ3v) is 4.48. The van der Waals surface area contributed by atoms with Crippen LogP contribution in [0.4, 0.5) is 4.39 Å². The molecule has 7 nitrogen and oxygen atoms in total. The van der Waals surface area contributed by atoms with Gasteiger partial charge in [0.05, 0.1) is 18.0 Å². The monoisotopic (exact) mass is 381 g/mol. The van der Waals surface area contributed by atoms with Crippen molar-refractivity contribution >= 4 is 34.5 Å². The van der Waals surface area contributed by atoms with Crippen LogP contribution in [0.5, 0.6) is 0 Å². The quantitative estimate of drug-likeness (QED) is 0.726. The first-order valence-electron chi connectivity index (χ1n) is 7.90.